The van der Waals surface area contributed by atoms with Crippen LogP contribution in [0.5, 0.6) is 0 Å². The first kappa shape index (κ1) is 29.4. The molecule has 3 heterocycles. The smallest absolute Gasteiger partial charge is 0.410 e. The summed E-state index contributed by atoms with van der Waals surface area (Å²) in [7, 11) is 0. The number of amides is 1. The van der Waals surface area contributed by atoms with Crippen LogP contribution in [0.4, 0.5) is 15.1 Å². The van der Waals surface area contributed by atoms with Crippen molar-refractivity contribution in [3.63, 3.8) is 0 Å². The molecule has 3 atom stereocenters. The van der Waals surface area contributed by atoms with Crippen molar-refractivity contribution in [1.29, 1.82) is 0 Å². The Bertz CT molecular complexity index is 1470. The van der Waals surface area contributed by atoms with Gasteiger partial charge in [-0.15, -0.1) is 0 Å². The van der Waals surface area contributed by atoms with E-state index in [1.165, 1.54) is 6.07 Å². The van der Waals surface area contributed by atoms with Crippen LogP contribution in [0.15, 0.2) is 47.9 Å². The second-order valence-corrected chi connectivity index (χ2v) is 12.2. The zero-order valence-corrected chi connectivity index (χ0v) is 24.9. The van der Waals surface area contributed by atoms with Crippen molar-refractivity contribution in [2.45, 2.75) is 77.9 Å². The van der Waals surface area contributed by atoms with Gasteiger partial charge in [0.1, 0.15) is 17.5 Å². The Labute approximate surface area is 246 Å². The van der Waals surface area contributed by atoms with Crippen LogP contribution in [0.1, 0.15) is 75.4 Å². The number of hydrogen-bond donors (Lipinski definition) is 1. The molecule has 1 aliphatic carbocycles. The van der Waals surface area contributed by atoms with Gasteiger partial charge in [0.2, 0.25) is 5.95 Å². The average Bonchev–Trinajstić information content (AvgIpc) is 2.95. The number of pyridine rings is 1. The van der Waals surface area contributed by atoms with Crippen molar-refractivity contribution in [3.05, 3.63) is 71.1 Å². The number of nitrogens with zero attached hydrogens (tertiary/aromatic N) is 5. The highest BCUT2D eigenvalue weighted by Crippen LogP contribution is 2.39. The number of carbonyl (C=O) groups is 1. The van der Waals surface area contributed by atoms with Crippen LogP contribution in [0, 0.1) is 18.7 Å². The second kappa shape index (κ2) is 12.0. The predicted octanol–water partition coefficient (Wildman–Crippen LogP) is 6.05. The lowest BCUT2D eigenvalue weighted by atomic mass is 9.78. The fourth-order valence-corrected chi connectivity index (χ4v) is 5.90. The molecule has 1 saturated heterocycles. The standard InChI is InChI=1S/C32H39FN6O3/c1-19-29-27(37-30(34)36-19)14-23(25-11-10-24(33)16-26(25)21-8-6-12-35-17-21)15-28(29)38-42-20(2)22-9-7-13-39(18-22)31(40)41-32(3,4)5/h6,8,10-12,16-17,20,22-23H,7,9,13-15,18H2,1-5H3,(H2,34,36,37)/b38-28+/t20?,22-,23?/m1/s1. The van der Waals surface area contributed by atoms with E-state index in [1.54, 1.807) is 23.4 Å². The second-order valence-electron chi connectivity index (χ2n) is 12.2. The average molecular weight is 575 g/mol. The van der Waals surface area contributed by atoms with Crippen molar-refractivity contribution in [3.8, 4) is 11.1 Å². The summed E-state index contributed by atoms with van der Waals surface area (Å²) < 4.78 is 20.0. The molecule has 1 amide bonds. The Balaban J connectivity index is 1.42. The Morgan fingerprint density at radius 2 is 2.02 bits per heavy atom. The Kier molecular flexibility index (Phi) is 8.43. The number of hydrogen-bond acceptors (Lipinski definition) is 8. The number of halogens is 1. The highest BCUT2D eigenvalue weighted by atomic mass is 19.1. The fraction of sp³-hybridized carbons (Fsp3) is 0.469. The maximum absolute atomic E-state index is 14.4. The molecular formula is C32H39FN6O3. The maximum Gasteiger partial charge on any atom is 0.410 e. The van der Waals surface area contributed by atoms with E-state index in [-0.39, 0.29) is 35.8 Å². The molecule has 5 rings (SSSR count). The summed E-state index contributed by atoms with van der Waals surface area (Å²) in [5, 5.41) is 4.69. The number of piperidine rings is 1. The van der Waals surface area contributed by atoms with Crippen LogP contribution in [0.2, 0.25) is 0 Å². The molecule has 1 fully saturated rings. The van der Waals surface area contributed by atoms with Crippen molar-refractivity contribution in [2.24, 2.45) is 11.1 Å². The van der Waals surface area contributed by atoms with Crippen LogP contribution in [-0.2, 0) is 16.0 Å². The van der Waals surface area contributed by atoms with E-state index in [4.69, 9.17) is 15.3 Å². The molecule has 0 spiro atoms. The topological polar surface area (TPSA) is 116 Å². The zero-order chi connectivity index (χ0) is 30.0. The summed E-state index contributed by atoms with van der Waals surface area (Å²) in [4.78, 5) is 33.8. The first-order valence-electron chi connectivity index (χ1n) is 14.5. The molecule has 2 aromatic heterocycles. The summed E-state index contributed by atoms with van der Waals surface area (Å²) in [5.41, 5.74) is 11.2. The molecule has 0 saturated carbocycles. The SMILES string of the molecule is Cc1nc(N)nc2c1/C(=N/OC(C)[C@@H]1CCCN(C(=O)OC(C)(C)C)C1)CC(c1ccc(F)cc1-c1cccnc1)C2. The summed E-state index contributed by atoms with van der Waals surface area (Å²) >= 11 is 0. The highest BCUT2D eigenvalue weighted by molar-refractivity contribution is 6.03. The molecule has 2 aliphatic rings. The molecule has 222 valence electrons. The minimum Gasteiger partial charge on any atom is -0.444 e. The predicted molar refractivity (Wildman–Crippen MR) is 159 cm³/mol. The number of nitrogen functional groups attached to an aromatic ring is 1. The first-order chi connectivity index (χ1) is 20.0. The largest absolute Gasteiger partial charge is 0.444 e. The third-order valence-electron chi connectivity index (χ3n) is 7.88. The van der Waals surface area contributed by atoms with Gasteiger partial charge < -0.3 is 20.2 Å². The molecular weight excluding hydrogens is 535 g/mol. The molecule has 3 aromatic rings. The first-order valence-corrected chi connectivity index (χ1v) is 14.5. The van der Waals surface area contributed by atoms with Gasteiger partial charge in [-0.3, -0.25) is 4.98 Å². The van der Waals surface area contributed by atoms with Crippen LogP contribution in [0.3, 0.4) is 0 Å². The number of aryl methyl sites for hydroxylation is 1. The monoisotopic (exact) mass is 574 g/mol. The van der Waals surface area contributed by atoms with E-state index in [2.05, 4.69) is 20.1 Å². The van der Waals surface area contributed by atoms with Crippen LogP contribution < -0.4 is 5.73 Å². The van der Waals surface area contributed by atoms with Gasteiger partial charge in [-0.1, -0.05) is 17.3 Å². The Morgan fingerprint density at radius 3 is 2.76 bits per heavy atom. The van der Waals surface area contributed by atoms with Gasteiger partial charge in [0.05, 0.1) is 17.1 Å². The Hall–Kier alpha value is -4.08. The third-order valence-corrected chi connectivity index (χ3v) is 7.88. The van der Waals surface area contributed by atoms with Gasteiger partial charge >= 0.3 is 6.09 Å². The van der Waals surface area contributed by atoms with Crippen LogP contribution in [0.25, 0.3) is 11.1 Å². The number of ether oxygens (including phenoxy) is 1. The van der Waals surface area contributed by atoms with Gasteiger partial charge in [-0.2, -0.15) is 0 Å². The molecule has 0 radical (unpaired) electrons. The van der Waals surface area contributed by atoms with Gasteiger partial charge in [0.25, 0.3) is 0 Å². The zero-order valence-electron chi connectivity index (χ0n) is 24.9. The summed E-state index contributed by atoms with van der Waals surface area (Å²) in [6.07, 6.45) is 5.85. The highest BCUT2D eigenvalue weighted by Gasteiger charge is 2.33. The minimum atomic E-state index is -0.548. The normalized spacial score (nSPS) is 20.6. The van der Waals surface area contributed by atoms with E-state index in [9.17, 15) is 9.18 Å². The molecule has 1 aliphatic heterocycles. The number of aromatic nitrogens is 3. The number of rotatable bonds is 5. The number of fused-ring (bicyclic) bond motifs is 1. The van der Waals surface area contributed by atoms with Crippen molar-refractivity contribution in [1.82, 2.24) is 19.9 Å². The van der Waals surface area contributed by atoms with E-state index >= 15 is 0 Å². The minimum absolute atomic E-state index is 0.0444. The summed E-state index contributed by atoms with van der Waals surface area (Å²) in [6.45, 7) is 10.7. The van der Waals surface area contributed by atoms with Gasteiger partial charge in [-0.25, -0.2) is 19.2 Å². The molecule has 42 heavy (non-hydrogen) atoms. The lowest BCUT2D eigenvalue weighted by Crippen LogP contribution is -2.45. The molecule has 1 aromatic carbocycles. The lowest BCUT2D eigenvalue weighted by molar-refractivity contribution is -0.0153. The van der Waals surface area contributed by atoms with Gasteiger partial charge in [0.15, 0.2) is 0 Å². The molecule has 2 N–H and O–H groups in total. The number of nitrogens with two attached hydrogens (primary N) is 1. The van der Waals surface area contributed by atoms with Gasteiger partial charge in [0, 0.05) is 48.9 Å². The lowest BCUT2D eigenvalue weighted by Gasteiger charge is -2.35. The van der Waals surface area contributed by atoms with E-state index in [0.29, 0.717) is 25.9 Å². The summed E-state index contributed by atoms with van der Waals surface area (Å²) in [5.74, 6) is -0.0451. The molecule has 9 nitrogen and oxygen atoms in total. The number of carbonyl (C=O) groups excluding carboxylic acids is 1. The number of benzene rings is 1. The number of likely N-dealkylation sites (tertiary alicyclic amines) is 1. The molecule has 2 unspecified atom stereocenters. The van der Waals surface area contributed by atoms with E-state index in [1.807, 2.05) is 52.8 Å². The fourth-order valence-electron chi connectivity index (χ4n) is 5.90. The third kappa shape index (κ3) is 6.69. The summed E-state index contributed by atoms with van der Waals surface area (Å²) in [6, 6.07) is 8.64. The quantitative estimate of drug-likeness (QED) is 0.369. The molecule has 10 heteroatoms. The van der Waals surface area contributed by atoms with E-state index < -0.39 is 5.60 Å². The number of anilines is 1. The van der Waals surface area contributed by atoms with Crippen molar-refractivity contribution < 1.29 is 18.8 Å². The van der Waals surface area contributed by atoms with Crippen LogP contribution >= 0.6 is 0 Å². The van der Waals surface area contributed by atoms with E-state index in [0.717, 1.165) is 52.2 Å². The maximum atomic E-state index is 14.4. The van der Waals surface area contributed by atoms with Crippen molar-refractivity contribution >= 4 is 17.8 Å². The van der Waals surface area contributed by atoms with Crippen molar-refractivity contribution in [2.75, 3.05) is 18.8 Å². The van der Waals surface area contributed by atoms with Gasteiger partial charge in [-0.05, 0) is 89.1 Å². The number of oxime groups is 1. The van der Waals surface area contributed by atoms with Crippen LogP contribution in [-0.4, -0.2) is 56.5 Å². The Morgan fingerprint density at radius 1 is 1.21 bits per heavy atom. The molecule has 0 bridgehead atoms.